The van der Waals surface area contributed by atoms with Crippen LogP contribution in [0.25, 0.3) is 0 Å². The Bertz CT molecular complexity index is 322. The zero-order valence-corrected chi connectivity index (χ0v) is 12.1. The molecule has 1 N–H and O–H groups in total. The Kier molecular flexibility index (Phi) is 5.37. The van der Waals surface area contributed by atoms with E-state index < -0.39 is 10.0 Å². The summed E-state index contributed by atoms with van der Waals surface area (Å²) in [6.45, 7) is 8.30. The molecule has 102 valence electrons. The van der Waals surface area contributed by atoms with Crippen LogP contribution in [0.4, 0.5) is 0 Å². The molecule has 6 heteroatoms. The van der Waals surface area contributed by atoms with Crippen molar-refractivity contribution < 1.29 is 8.42 Å². The molecule has 1 unspecified atom stereocenters. The monoisotopic (exact) mass is 263 g/mol. The smallest absolute Gasteiger partial charge is 0.211 e. The minimum Gasteiger partial charge on any atom is -0.315 e. The minimum absolute atomic E-state index is 0.472. The van der Waals surface area contributed by atoms with Crippen LogP contribution in [0, 0.1) is 5.92 Å². The predicted molar refractivity (Wildman–Crippen MR) is 70.5 cm³/mol. The first-order valence-corrected chi connectivity index (χ1v) is 8.04. The lowest BCUT2D eigenvalue weighted by Crippen LogP contribution is -2.52. The molecule has 1 heterocycles. The molecule has 0 saturated carbocycles. The lowest BCUT2D eigenvalue weighted by molar-refractivity contribution is 0.163. The van der Waals surface area contributed by atoms with Gasteiger partial charge in [0.25, 0.3) is 0 Å². The number of piperazine rings is 1. The summed E-state index contributed by atoms with van der Waals surface area (Å²) < 4.78 is 24.3. The van der Waals surface area contributed by atoms with Crippen molar-refractivity contribution in [2.75, 3.05) is 46.0 Å². The van der Waals surface area contributed by atoms with Gasteiger partial charge in [-0.15, -0.1) is 0 Å². The standard InChI is InChI=1S/C11H25N3O2S/c1-10(2)11(12-3)9-13-5-7-14(8-6-13)17(4,15)16/h10-12H,5-9H2,1-4H3. The van der Waals surface area contributed by atoms with E-state index in [1.54, 1.807) is 4.31 Å². The van der Waals surface area contributed by atoms with Crippen molar-refractivity contribution in [3.05, 3.63) is 0 Å². The zero-order chi connectivity index (χ0) is 13.1. The van der Waals surface area contributed by atoms with Gasteiger partial charge in [0.1, 0.15) is 0 Å². The quantitative estimate of drug-likeness (QED) is 0.747. The zero-order valence-electron chi connectivity index (χ0n) is 11.3. The van der Waals surface area contributed by atoms with E-state index in [-0.39, 0.29) is 0 Å². The number of hydrogen-bond acceptors (Lipinski definition) is 4. The summed E-state index contributed by atoms with van der Waals surface area (Å²) in [5, 5.41) is 3.32. The van der Waals surface area contributed by atoms with Crippen molar-refractivity contribution in [3.8, 4) is 0 Å². The average molecular weight is 263 g/mol. The van der Waals surface area contributed by atoms with Crippen molar-refractivity contribution in [3.63, 3.8) is 0 Å². The van der Waals surface area contributed by atoms with Gasteiger partial charge in [0.05, 0.1) is 6.26 Å². The minimum atomic E-state index is -3.01. The van der Waals surface area contributed by atoms with E-state index in [1.165, 1.54) is 6.26 Å². The van der Waals surface area contributed by atoms with Crippen LogP contribution in [0.3, 0.4) is 0 Å². The number of nitrogens with one attached hydrogen (secondary N) is 1. The van der Waals surface area contributed by atoms with Gasteiger partial charge < -0.3 is 5.32 Å². The van der Waals surface area contributed by atoms with Crippen LogP contribution in [0.1, 0.15) is 13.8 Å². The lowest BCUT2D eigenvalue weighted by Gasteiger charge is -2.36. The summed E-state index contributed by atoms with van der Waals surface area (Å²) in [7, 11) is -1.03. The van der Waals surface area contributed by atoms with E-state index >= 15 is 0 Å². The van der Waals surface area contributed by atoms with E-state index in [0.717, 1.165) is 19.6 Å². The van der Waals surface area contributed by atoms with Crippen molar-refractivity contribution in [2.45, 2.75) is 19.9 Å². The highest BCUT2D eigenvalue weighted by atomic mass is 32.2. The van der Waals surface area contributed by atoms with Crippen molar-refractivity contribution >= 4 is 10.0 Å². The van der Waals surface area contributed by atoms with Gasteiger partial charge in [-0.05, 0) is 13.0 Å². The Morgan fingerprint density at radius 3 is 2.06 bits per heavy atom. The molecule has 1 saturated heterocycles. The Morgan fingerprint density at radius 2 is 1.71 bits per heavy atom. The van der Waals surface area contributed by atoms with E-state index in [9.17, 15) is 8.42 Å². The van der Waals surface area contributed by atoms with Crippen LogP contribution >= 0.6 is 0 Å². The second kappa shape index (κ2) is 6.13. The summed E-state index contributed by atoms with van der Waals surface area (Å²) in [6.07, 6.45) is 1.28. The summed E-state index contributed by atoms with van der Waals surface area (Å²) in [5.41, 5.74) is 0. The summed E-state index contributed by atoms with van der Waals surface area (Å²) >= 11 is 0. The van der Waals surface area contributed by atoms with Gasteiger partial charge in [0, 0.05) is 38.8 Å². The topological polar surface area (TPSA) is 52.6 Å². The highest BCUT2D eigenvalue weighted by Crippen LogP contribution is 2.09. The van der Waals surface area contributed by atoms with Crippen LogP contribution < -0.4 is 5.32 Å². The second-order valence-electron chi connectivity index (χ2n) is 5.10. The molecule has 0 radical (unpaired) electrons. The van der Waals surface area contributed by atoms with Gasteiger partial charge in [-0.3, -0.25) is 4.90 Å². The van der Waals surface area contributed by atoms with E-state index in [1.807, 2.05) is 7.05 Å². The van der Waals surface area contributed by atoms with Gasteiger partial charge in [0.2, 0.25) is 10.0 Å². The molecule has 0 aromatic heterocycles. The maximum atomic E-state index is 11.4. The third-order valence-electron chi connectivity index (χ3n) is 3.43. The third kappa shape index (κ3) is 4.54. The molecule has 1 aliphatic heterocycles. The molecule has 0 aromatic carbocycles. The van der Waals surface area contributed by atoms with Crippen molar-refractivity contribution in [1.29, 1.82) is 0 Å². The van der Waals surface area contributed by atoms with Crippen LogP contribution in [-0.2, 0) is 10.0 Å². The molecule has 0 aromatic rings. The summed E-state index contributed by atoms with van der Waals surface area (Å²) in [5.74, 6) is 0.591. The Hall–Kier alpha value is -0.170. The summed E-state index contributed by atoms with van der Waals surface area (Å²) in [4.78, 5) is 2.34. The maximum Gasteiger partial charge on any atom is 0.211 e. The molecule has 1 rings (SSSR count). The molecule has 0 spiro atoms. The highest BCUT2D eigenvalue weighted by molar-refractivity contribution is 7.88. The highest BCUT2D eigenvalue weighted by Gasteiger charge is 2.25. The number of nitrogens with zero attached hydrogens (tertiary/aromatic N) is 2. The number of sulfonamides is 1. The largest absolute Gasteiger partial charge is 0.315 e. The molecule has 5 nitrogen and oxygen atoms in total. The molecule has 0 amide bonds. The summed E-state index contributed by atoms with van der Waals surface area (Å²) in [6, 6.07) is 0.472. The molecule has 0 aliphatic carbocycles. The van der Waals surface area contributed by atoms with Crippen molar-refractivity contribution in [2.24, 2.45) is 5.92 Å². The van der Waals surface area contributed by atoms with Gasteiger partial charge in [-0.1, -0.05) is 13.8 Å². The maximum absolute atomic E-state index is 11.4. The van der Waals surface area contributed by atoms with Crippen LogP contribution in [-0.4, -0.2) is 69.7 Å². The Balaban J connectivity index is 2.42. The first-order chi connectivity index (χ1) is 7.84. The number of rotatable bonds is 5. The number of likely N-dealkylation sites (N-methyl/N-ethyl adjacent to an activating group) is 1. The molecule has 1 aliphatic rings. The second-order valence-corrected chi connectivity index (χ2v) is 7.08. The van der Waals surface area contributed by atoms with Gasteiger partial charge >= 0.3 is 0 Å². The SMILES string of the molecule is CNC(CN1CCN(S(C)(=O)=O)CC1)C(C)C. The first kappa shape index (κ1) is 14.9. The van der Waals surface area contributed by atoms with E-state index in [0.29, 0.717) is 25.0 Å². The van der Waals surface area contributed by atoms with Gasteiger partial charge in [-0.2, -0.15) is 4.31 Å². The normalized spacial score (nSPS) is 21.9. The van der Waals surface area contributed by atoms with Crippen molar-refractivity contribution in [1.82, 2.24) is 14.5 Å². The fourth-order valence-electron chi connectivity index (χ4n) is 2.16. The molecular weight excluding hydrogens is 238 g/mol. The fraction of sp³-hybridized carbons (Fsp3) is 1.00. The fourth-order valence-corrected chi connectivity index (χ4v) is 2.98. The Morgan fingerprint density at radius 1 is 1.18 bits per heavy atom. The van der Waals surface area contributed by atoms with E-state index in [4.69, 9.17) is 0 Å². The third-order valence-corrected chi connectivity index (χ3v) is 4.73. The Labute approximate surface area is 105 Å². The molecule has 17 heavy (non-hydrogen) atoms. The van der Waals surface area contributed by atoms with Gasteiger partial charge in [-0.25, -0.2) is 8.42 Å². The average Bonchev–Trinajstić information content (AvgIpc) is 2.25. The van der Waals surface area contributed by atoms with Crippen LogP contribution in [0.15, 0.2) is 0 Å². The number of hydrogen-bond donors (Lipinski definition) is 1. The molecule has 0 bridgehead atoms. The van der Waals surface area contributed by atoms with E-state index in [2.05, 4.69) is 24.1 Å². The lowest BCUT2D eigenvalue weighted by atomic mass is 10.0. The first-order valence-electron chi connectivity index (χ1n) is 6.19. The van der Waals surface area contributed by atoms with Crippen LogP contribution in [0.2, 0.25) is 0 Å². The molecule has 1 atom stereocenters. The van der Waals surface area contributed by atoms with Crippen LogP contribution in [0.5, 0.6) is 0 Å². The molecule has 1 fully saturated rings. The molecular formula is C11H25N3O2S. The predicted octanol–water partition coefficient (Wildman–Crippen LogP) is -0.192. The van der Waals surface area contributed by atoms with Gasteiger partial charge in [0.15, 0.2) is 0 Å².